The molecule has 1 N–H and O–H groups in total. The first-order valence-electron chi connectivity index (χ1n) is 8.25. The van der Waals surface area contributed by atoms with Crippen molar-refractivity contribution in [2.75, 3.05) is 24.5 Å². The van der Waals surface area contributed by atoms with Crippen molar-refractivity contribution < 1.29 is 19.1 Å². The number of piperazine rings is 1. The standard InChI is InChI=1S/C18H19FN4O3/c1-12-9-14(19)4-3-13(12)10-16(24)23-8-7-22(11-15(23)17(25)26)18-20-5-2-6-21-18/h2-6,9,15H,7-8,10-11H2,1H3,(H,25,26)/t15-/m1/s1. The molecule has 0 saturated carbocycles. The van der Waals surface area contributed by atoms with E-state index in [1.165, 1.54) is 17.0 Å². The molecule has 1 saturated heterocycles. The van der Waals surface area contributed by atoms with Crippen LogP contribution in [0.5, 0.6) is 0 Å². The van der Waals surface area contributed by atoms with Crippen LogP contribution in [-0.4, -0.2) is 57.5 Å². The van der Waals surface area contributed by atoms with E-state index in [0.29, 0.717) is 23.6 Å². The molecule has 0 radical (unpaired) electrons. The van der Waals surface area contributed by atoms with Crippen molar-refractivity contribution in [2.45, 2.75) is 19.4 Å². The summed E-state index contributed by atoms with van der Waals surface area (Å²) in [5.74, 6) is -1.28. The van der Waals surface area contributed by atoms with E-state index in [1.54, 1.807) is 36.4 Å². The number of rotatable bonds is 4. The number of carboxylic acid groups (broad SMARTS) is 1. The Labute approximate surface area is 150 Å². The Morgan fingerprint density at radius 3 is 2.65 bits per heavy atom. The number of halogens is 1. The molecular weight excluding hydrogens is 339 g/mol. The van der Waals surface area contributed by atoms with E-state index in [2.05, 4.69) is 9.97 Å². The third kappa shape index (κ3) is 3.79. The summed E-state index contributed by atoms with van der Waals surface area (Å²) in [6.07, 6.45) is 3.22. The lowest BCUT2D eigenvalue weighted by Crippen LogP contribution is -2.59. The van der Waals surface area contributed by atoms with E-state index in [0.717, 1.165) is 0 Å². The van der Waals surface area contributed by atoms with Crippen molar-refractivity contribution >= 4 is 17.8 Å². The maximum Gasteiger partial charge on any atom is 0.328 e. The second-order valence-electron chi connectivity index (χ2n) is 6.18. The molecule has 136 valence electrons. The number of carbonyl (C=O) groups excluding carboxylic acids is 1. The van der Waals surface area contributed by atoms with Crippen LogP contribution in [0.4, 0.5) is 10.3 Å². The lowest BCUT2D eigenvalue weighted by atomic mass is 10.0. The first-order valence-corrected chi connectivity index (χ1v) is 8.25. The first kappa shape index (κ1) is 17.8. The van der Waals surface area contributed by atoms with E-state index < -0.39 is 12.0 Å². The molecule has 1 aliphatic heterocycles. The van der Waals surface area contributed by atoms with Gasteiger partial charge in [0.15, 0.2) is 0 Å². The first-order chi connectivity index (χ1) is 12.5. The van der Waals surface area contributed by atoms with Gasteiger partial charge in [-0.2, -0.15) is 0 Å². The summed E-state index contributed by atoms with van der Waals surface area (Å²) < 4.78 is 13.2. The van der Waals surface area contributed by atoms with E-state index in [4.69, 9.17) is 0 Å². The highest BCUT2D eigenvalue weighted by Gasteiger charge is 2.36. The molecule has 0 bridgehead atoms. The van der Waals surface area contributed by atoms with Crippen LogP contribution >= 0.6 is 0 Å². The zero-order valence-corrected chi connectivity index (χ0v) is 14.3. The quantitative estimate of drug-likeness (QED) is 0.886. The highest BCUT2D eigenvalue weighted by molar-refractivity contribution is 5.86. The van der Waals surface area contributed by atoms with E-state index >= 15 is 0 Å². The summed E-state index contributed by atoms with van der Waals surface area (Å²) in [5, 5.41) is 9.57. The Morgan fingerprint density at radius 2 is 2.00 bits per heavy atom. The molecule has 1 aromatic heterocycles. The summed E-state index contributed by atoms with van der Waals surface area (Å²) in [6.45, 7) is 2.55. The lowest BCUT2D eigenvalue weighted by molar-refractivity contribution is -0.150. The summed E-state index contributed by atoms with van der Waals surface area (Å²) in [7, 11) is 0. The number of anilines is 1. The average molecular weight is 358 g/mol. The molecule has 8 heteroatoms. The second kappa shape index (κ2) is 7.47. The summed E-state index contributed by atoms with van der Waals surface area (Å²) in [6, 6.07) is 4.92. The van der Waals surface area contributed by atoms with Gasteiger partial charge in [0.25, 0.3) is 0 Å². The maximum atomic E-state index is 13.2. The largest absolute Gasteiger partial charge is 0.480 e. The van der Waals surface area contributed by atoms with Crippen LogP contribution in [0, 0.1) is 12.7 Å². The van der Waals surface area contributed by atoms with Crippen molar-refractivity contribution in [1.82, 2.24) is 14.9 Å². The van der Waals surface area contributed by atoms with Gasteiger partial charge in [0.05, 0.1) is 13.0 Å². The number of nitrogens with zero attached hydrogens (tertiary/aromatic N) is 4. The molecule has 2 aromatic rings. The van der Waals surface area contributed by atoms with Crippen molar-refractivity contribution in [3.8, 4) is 0 Å². The number of aryl methyl sites for hydroxylation is 1. The Kier molecular flexibility index (Phi) is 5.11. The third-order valence-electron chi connectivity index (χ3n) is 4.47. The molecule has 1 aliphatic rings. The molecule has 0 unspecified atom stereocenters. The van der Waals surface area contributed by atoms with Crippen LogP contribution in [0.25, 0.3) is 0 Å². The van der Waals surface area contributed by atoms with Gasteiger partial charge in [0, 0.05) is 25.5 Å². The summed E-state index contributed by atoms with van der Waals surface area (Å²) in [4.78, 5) is 35.8. The number of carboxylic acids is 1. The van der Waals surface area contributed by atoms with Crippen LogP contribution in [0.2, 0.25) is 0 Å². The topological polar surface area (TPSA) is 86.6 Å². The zero-order valence-electron chi connectivity index (χ0n) is 14.3. The predicted molar refractivity (Wildman–Crippen MR) is 92.2 cm³/mol. The molecule has 0 spiro atoms. The highest BCUT2D eigenvalue weighted by Crippen LogP contribution is 2.18. The molecule has 3 rings (SSSR count). The molecule has 2 heterocycles. The number of hydrogen-bond acceptors (Lipinski definition) is 5. The van der Waals surface area contributed by atoms with E-state index in [1.807, 2.05) is 0 Å². The van der Waals surface area contributed by atoms with Crippen LogP contribution in [0.15, 0.2) is 36.7 Å². The number of carbonyl (C=O) groups is 2. The highest BCUT2D eigenvalue weighted by atomic mass is 19.1. The van der Waals surface area contributed by atoms with Crippen molar-refractivity contribution in [1.29, 1.82) is 0 Å². The van der Waals surface area contributed by atoms with Crippen molar-refractivity contribution in [3.05, 3.63) is 53.6 Å². The fraction of sp³-hybridized carbons (Fsp3) is 0.333. The van der Waals surface area contributed by atoms with Gasteiger partial charge in [-0.3, -0.25) is 4.79 Å². The fourth-order valence-electron chi connectivity index (χ4n) is 3.05. The molecule has 0 aliphatic carbocycles. The molecular formula is C18H19FN4O3. The summed E-state index contributed by atoms with van der Waals surface area (Å²) >= 11 is 0. The van der Waals surface area contributed by atoms with E-state index in [9.17, 15) is 19.1 Å². The number of hydrogen-bond donors (Lipinski definition) is 1. The van der Waals surface area contributed by atoms with Gasteiger partial charge >= 0.3 is 5.97 Å². The molecule has 7 nitrogen and oxygen atoms in total. The van der Waals surface area contributed by atoms with Crippen LogP contribution in [0.1, 0.15) is 11.1 Å². The van der Waals surface area contributed by atoms with E-state index in [-0.39, 0.29) is 31.2 Å². The van der Waals surface area contributed by atoms with Crippen LogP contribution in [-0.2, 0) is 16.0 Å². The van der Waals surface area contributed by atoms with Crippen molar-refractivity contribution in [3.63, 3.8) is 0 Å². The number of aromatic nitrogens is 2. The van der Waals surface area contributed by atoms with Crippen LogP contribution < -0.4 is 4.90 Å². The van der Waals surface area contributed by atoms with Gasteiger partial charge in [0.1, 0.15) is 11.9 Å². The fourth-order valence-corrected chi connectivity index (χ4v) is 3.05. The SMILES string of the molecule is Cc1cc(F)ccc1CC(=O)N1CCN(c2ncccn2)C[C@@H]1C(=O)O. The lowest BCUT2D eigenvalue weighted by Gasteiger charge is -2.39. The van der Waals surface area contributed by atoms with Gasteiger partial charge in [-0.25, -0.2) is 19.2 Å². The Balaban J connectivity index is 1.74. The van der Waals surface area contributed by atoms with Gasteiger partial charge < -0.3 is 14.9 Å². The predicted octanol–water partition coefficient (Wildman–Crippen LogP) is 1.27. The second-order valence-corrected chi connectivity index (χ2v) is 6.18. The smallest absolute Gasteiger partial charge is 0.328 e. The molecule has 1 fully saturated rings. The van der Waals surface area contributed by atoms with Crippen LogP contribution in [0.3, 0.4) is 0 Å². The normalized spacial score (nSPS) is 17.2. The number of benzene rings is 1. The summed E-state index contributed by atoms with van der Waals surface area (Å²) in [5.41, 5.74) is 1.36. The third-order valence-corrected chi connectivity index (χ3v) is 4.47. The van der Waals surface area contributed by atoms with Gasteiger partial charge in [0.2, 0.25) is 11.9 Å². The average Bonchev–Trinajstić information content (AvgIpc) is 2.64. The molecule has 1 atom stereocenters. The molecule has 1 aromatic carbocycles. The van der Waals surface area contributed by atoms with Gasteiger partial charge in [-0.1, -0.05) is 6.07 Å². The maximum absolute atomic E-state index is 13.2. The molecule has 26 heavy (non-hydrogen) atoms. The Hall–Kier alpha value is -3.03. The number of aliphatic carboxylic acids is 1. The van der Waals surface area contributed by atoms with Gasteiger partial charge in [-0.05, 0) is 36.2 Å². The zero-order chi connectivity index (χ0) is 18.7. The minimum Gasteiger partial charge on any atom is -0.480 e. The minimum absolute atomic E-state index is 0.0394. The monoisotopic (exact) mass is 358 g/mol. The molecule has 1 amide bonds. The Bertz CT molecular complexity index is 815. The number of amides is 1. The van der Waals surface area contributed by atoms with Crippen molar-refractivity contribution in [2.24, 2.45) is 0 Å². The minimum atomic E-state index is -1.07. The Morgan fingerprint density at radius 1 is 1.27 bits per heavy atom. The van der Waals surface area contributed by atoms with Gasteiger partial charge in [-0.15, -0.1) is 0 Å².